The van der Waals surface area contributed by atoms with Gasteiger partial charge in [0.05, 0.1) is 6.54 Å². The Morgan fingerprint density at radius 3 is 2.68 bits per heavy atom. The standard InChI is InChI=1S/C15H12FN5O3S/c16-11-3-5-12(6-4-11)20(8-13-2-1-7-25-13)14(22)9-19-10-17-15(18-19)21(23)24/h1-7,10H,8-9H2. The molecule has 25 heavy (non-hydrogen) atoms. The molecule has 128 valence electrons. The Morgan fingerprint density at radius 1 is 1.32 bits per heavy atom. The number of carbonyl (C=O) groups is 1. The van der Waals surface area contributed by atoms with Gasteiger partial charge in [-0.15, -0.1) is 11.3 Å². The summed E-state index contributed by atoms with van der Waals surface area (Å²) in [4.78, 5) is 28.5. The Labute approximate surface area is 145 Å². The van der Waals surface area contributed by atoms with Gasteiger partial charge < -0.3 is 15.0 Å². The fourth-order valence-electron chi connectivity index (χ4n) is 2.17. The summed E-state index contributed by atoms with van der Waals surface area (Å²) in [7, 11) is 0. The number of amides is 1. The molecule has 0 saturated carbocycles. The van der Waals surface area contributed by atoms with E-state index in [1.165, 1.54) is 40.5 Å². The molecule has 0 bridgehead atoms. The summed E-state index contributed by atoms with van der Waals surface area (Å²) in [6.07, 6.45) is 1.13. The lowest BCUT2D eigenvalue weighted by molar-refractivity contribution is -0.394. The zero-order valence-corrected chi connectivity index (χ0v) is 13.6. The zero-order valence-electron chi connectivity index (χ0n) is 12.8. The van der Waals surface area contributed by atoms with Crippen LogP contribution in [0.15, 0.2) is 48.1 Å². The van der Waals surface area contributed by atoms with E-state index in [1.807, 2.05) is 17.5 Å². The first-order valence-corrected chi connectivity index (χ1v) is 8.03. The molecule has 0 aliphatic heterocycles. The molecule has 3 aromatic rings. The van der Waals surface area contributed by atoms with Gasteiger partial charge in [-0.3, -0.25) is 4.79 Å². The number of carbonyl (C=O) groups excluding carboxylic acids is 1. The van der Waals surface area contributed by atoms with Crippen molar-refractivity contribution >= 4 is 28.9 Å². The van der Waals surface area contributed by atoms with E-state index >= 15 is 0 Å². The first-order chi connectivity index (χ1) is 12.0. The van der Waals surface area contributed by atoms with E-state index in [9.17, 15) is 19.3 Å². The molecule has 1 aromatic carbocycles. The summed E-state index contributed by atoms with van der Waals surface area (Å²) in [5.41, 5.74) is 0.523. The van der Waals surface area contributed by atoms with Crippen LogP contribution in [0.2, 0.25) is 0 Å². The van der Waals surface area contributed by atoms with Crippen molar-refractivity contribution in [2.75, 3.05) is 4.90 Å². The zero-order chi connectivity index (χ0) is 17.8. The van der Waals surface area contributed by atoms with Crippen molar-refractivity contribution in [3.8, 4) is 0 Å². The third kappa shape index (κ3) is 4.04. The molecule has 0 fully saturated rings. The van der Waals surface area contributed by atoms with E-state index in [1.54, 1.807) is 0 Å². The number of halogens is 1. The Balaban J connectivity index is 1.83. The summed E-state index contributed by atoms with van der Waals surface area (Å²) in [5, 5.41) is 16.2. The highest BCUT2D eigenvalue weighted by molar-refractivity contribution is 7.09. The summed E-state index contributed by atoms with van der Waals surface area (Å²) >= 11 is 1.49. The molecule has 0 aliphatic carbocycles. The molecule has 2 aromatic heterocycles. The minimum absolute atomic E-state index is 0.219. The van der Waals surface area contributed by atoms with Crippen LogP contribution in [0.1, 0.15) is 4.88 Å². The molecular formula is C15H12FN5O3S. The topological polar surface area (TPSA) is 94.2 Å². The number of nitrogens with zero attached hydrogens (tertiary/aromatic N) is 5. The van der Waals surface area contributed by atoms with E-state index in [2.05, 4.69) is 10.1 Å². The highest BCUT2D eigenvalue weighted by atomic mass is 32.1. The summed E-state index contributed by atoms with van der Waals surface area (Å²) < 4.78 is 14.3. The predicted octanol–water partition coefficient (Wildman–Crippen LogP) is 2.62. The van der Waals surface area contributed by atoms with Crippen LogP contribution < -0.4 is 4.90 Å². The first-order valence-electron chi connectivity index (χ1n) is 7.15. The van der Waals surface area contributed by atoms with Gasteiger partial charge in [0.15, 0.2) is 0 Å². The van der Waals surface area contributed by atoms with Gasteiger partial charge in [0.1, 0.15) is 12.4 Å². The number of hydrogen-bond donors (Lipinski definition) is 0. The molecule has 1 amide bonds. The van der Waals surface area contributed by atoms with Crippen LogP contribution in [0.25, 0.3) is 0 Å². The maximum Gasteiger partial charge on any atom is 0.490 e. The van der Waals surface area contributed by atoms with E-state index in [-0.39, 0.29) is 12.5 Å². The van der Waals surface area contributed by atoms with Gasteiger partial charge in [-0.05, 0) is 40.6 Å². The lowest BCUT2D eigenvalue weighted by Crippen LogP contribution is -2.33. The highest BCUT2D eigenvalue weighted by Gasteiger charge is 2.21. The molecule has 2 heterocycles. The fourth-order valence-corrected chi connectivity index (χ4v) is 2.86. The molecule has 0 aliphatic rings. The number of thiophene rings is 1. The van der Waals surface area contributed by atoms with Crippen molar-refractivity contribution in [1.29, 1.82) is 0 Å². The number of benzene rings is 1. The second kappa shape index (κ2) is 7.18. The summed E-state index contributed by atoms with van der Waals surface area (Å²) in [6.45, 7) is 0.0858. The summed E-state index contributed by atoms with van der Waals surface area (Å²) in [6, 6.07) is 9.30. The Hall–Kier alpha value is -3.14. The molecule has 3 rings (SSSR count). The number of hydrogen-bond acceptors (Lipinski definition) is 6. The van der Waals surface area contributed by atoms with E-state index in [0.717, 1.165) is 15.9 Å². The third-order valence-electron chi connectivity index (χ3n) is 3.32. The number of rotatable bonds is 6. The molecule has 0 N–H and O–H groups in total. The first kappa shape index (κ1) is 16.7. The largest absolute Gasteiger partial charge is 0.490 e. The highest BCUT2D eigenvalue weighted by Crippen LogP contribution is 2.21. The van der Waals surface area contributed by atoms with Gasteiger partial charge >= 0.3 is 5.95 Å². The Kier molecular flexibility index (Phi) is 4.80. The number of nitro groups is 1. The van der Waals surface area contributed by atoms with E-state index in [4.69, 9.17) is 0 Å². The van der Waals surface area contributed by atoms with Crippen LogP contribution in [0.4, 0.5) is 16.0 Å². The molecule has 8 nitrogen and oxygen atoms in total. The third-order valence-corrected chi connectivity index (χ3v) is 4.18. The molecule has 0 saturated heterocycles. The van der Waals surface area contributed by atoms with Gasteiger partial charge in [-0.2, -0.15) is 4.68 Å². The van der Waals surface area contributed by atoms with Crippen molar-refractivity contribution in [3.63, 3.8) is 0 Å². The molecule has 0 spiro atoms. The van der Waals surface area contributed by atoms with Crippen LogP contribution in [0.3, 0.4) is 0 Å². The normalized spacial score (nSPS) is 10.6. The van der Waals surface area contributed by atoms with Gasteiger partial charge in [0.25, 0.3) is 5.91 Å². The second-order valence-corrected chi connectivity index (χ2v) is 6.07. The Bertz CT molecular complexity index is 879. The van der Waals surface area contributed by atoms with Crippen molar-refractivity contribution in [3.05, 3.63) is 68.9 Å². The minimum Gasteiger partial charge on any atom is -0.390 e. The van der Waals surface area contributed by atoms with Crippen LogP contribution >= 0.6 is 11.3 Å². The van der Waals surface area contributed by atoms with Crippen LogP contribution in [-0.2, 0) is 17.9 Å². The van der Waals surface area contributed by atoms with Gasteiger partial charge in [-0.25, -0.2) is 4.39 Å². The van der Waals surface area contributed by atoms with Crippen molar-refractivity contribution in [2.24, 2.45) is 0 Å². The maximum absolute atomic E-state index is 13.2. The van der Waals surface area contributed by atoms with Crippen molar-refractivity contribution in [2.45, 2.75) is 13.1 Å². The number of anilines is 1. The molecular weight excluding hydrogens is 349 g/mol. The SMILES string of the molecule is O=C(Cn1cnc([N+](=O)[O-])n1)N(Cc1cccs1)c1ccc(F)cc1. The smallest absolute Gasteiger partial charge is 0.390 e. The maximum atomic E-state index is 13.2. The second-order valence-electron chi connectivity index (χ2n) is 5.03. The Morgan fingerprint density at radius 2 is 2.08 bits per heavy atom. The lowest BCUT2D eigenvalue weighted by atomic mass is 10.2. The minimum atomic E-state index is -0.732. The van der Waals surface area contributed by atoms with Crippen molar-refractivity contribution in [1.82, 2.24) is 14.8 Å². The van der Waals surface area contributed by atoms with E-state index in [0.29, 0.717) is 12.2 Å². The summed E-state index contributed by atoms with van der Waals surface area (Å²) in [5.74, 6) is -1.32. The fraction of sp³-hybridized carbons (Fsp3) is 0.133. The van der Waals surface area contributed by atoms with Gasteiger partial charge in [-0.1, -0.05) is 11.1 Å². The average Bonchev–Trinajstić information content (AvgIpc) is 3.25. The average molecular weight is 361 g/mol. The predicted molar refractivity (Wildman–Crippen MR) is 88.6 cm³/mol. The van der Waals surface area contributed by atoms with E-state index < -0.39 is 16.7 Å². The van der Waals surface area contributed by atoms with Crippen LogP contribution in [-0.4, -0.2) is 25.6 Å². The van der Waals surface area contributed by atoms with Gasteiger partial charge in [0, 0.05) is 15.7 Å². The van der Waals surface area contributed by atoms with Crippen LogP contribution in [0.5, 0.6) is 0 Å². The van der Waals surface area contributed by atoms with Crippen molar-refractivity contribution < 1.29 is 14.1 Å². The molecule has 10 heteroatoms. The monoisotopic (exact) mass is 361 g/mol. The molecule has 0 radical (unpaired) electrons. The quantitative estimate of drug-likeness (QED) is 0.497. The number of aromatic nitrogens is 3. The van der Waals surface area contributed by atoms with Crippen LogP contribution in [0, 0.1) is 15.9 Å². The lowest BCUT2D eigenvalue weighted by Gasteiger charge is -2.22. The van der Waals surface area contributed by atoms with Gasteiger partial charge in [0.2, 0.25) is 6.33 Å². The molecule has 0 unspecified atom stereocenters. The molecule has 0 atom stereocenters.